The van der Waals surface area contributed by atoms with E-state index in [1.807, 2.05) is 0 Å². The Morgan fingerprint density at radius 3 is 2.10 bits per heavy atom. The van der Waals surface area contributed by atoms with Crippen LogP contribution in [0.3, 0.4) is 0 Å². The highest BCUT2D eigenvalue weighted by Gasteiger charge is 2.62. The summed E-state index contributed by atoms with van der Waals surface area (Å²) in [6.07, 6.45) is 19.4. The van der Waals surface area contributed by atoms with E-state index in [-0.39, 0.29) is 6.10 Å². The lowest BCUT2D eigenvalue weighted by atomic mass is 9.43. The van der Waals surface area contributed by atoms with Gasteiger partial charge in [-0.15, -0.1) is 0 Å². The van der Waals surface area contributed by atoms with E-state index in [4.69, 9.17) is 5.73 Å². The molecular formula is C37H72N4O. The van der Waals surface area contributed by atoms with Crippen molar-refractivity contribution in [2.75, 3.05) is 39.3 Å². The Hall–Kier alpha value is -0.200. The Balaban J connectivity index is 1.30. The molecule has 0 amide bonds. The van der Waals surface area contributed by atoms with Gasteiger partial charge in [-0.3, -0.25) is 0 Å². The van der Waals surface area contributed by atoms with Gasteiger partial charge in [0.25, 0.3) is 0 Å². The van der Waals surface area contributed by atoms with Crippen molar-refractivity contribution in [1.29, 1.82) is 0 Å². The van der Waals surface area contributed by atoms with Crippen molar-refractivity contribution in [3.8, 4) is 0 Å². The van der Waals surface area contributed by atoms with E-state index < -0.39 is 0 Å². The lowest BCUT2D eigenvalue weighted by Crippen LogP contribution is -2.61. The number of nitrogens with two attached hydrogens (primary N) is 1. The Bertz CT molecular complexity index is 777. The van der Waals surface area contributed by atoms with E-state index in [2.05, 4.69) is 50.6 Å². The smallest absolute Gasteiger partial charge is 0.0543 e. The molecule has 1 unspecified atom stereocenters. The molecular weight excluding hydrogens is 516 g/mol. The fraction of sp³-hybridized carbons (Fsp3) is 1.00. The first kappa shape index (κ1) is 34.7. The first-order valence-electron chi connectivity index (χ1n) is 18.7. The molecule has 4 aliphatic carbocycles. The van der Waals surface area contributed by atoms with Gasteiger partial charge in [-0.25, -0.2) is 0 Å². The van der Waals surface area contributed by atoms with E-state index in [1.165, 1.54) is 77.0 Å². The molecule has 0 aliphatic heterocycles. The zero-order chi connectivity index (χ0) is 30.2. The van der Waals surface area contributed by atoms with Crippen LogP contribution in [-0.4, -0.2) is 56.5 Å². The maximum atomic E-state index is 10.8. The van der Waals surface area contributed by atoms with Crippen LogP contribution in [0.2, 0.25) is 0 Å². The van der Waals surface area contributed by atoms with Crippen molar-refractivity contribution < 1.29 is 5.11 Å². The molecule has 0 saturated heterocycles. The standard InChI is InChI=1S/C37H72N4O/c1-27(2)11-8-12-28(3)31-13-14-32-30-26-35(41-24-10-23-40-21-7-6-20-39-22-9-19-38)34-25-29(42)15-17-37(34,5)33(30)16-18-36(31,32)4/h27-35,39-42H,6-26,38H2,1-5H3/t28-,29+,30+,31-,32+,33+,34?,35-,36-,37-/m1/s1. The summed E-state index contributed by atoms with van der Waals surface area (Å²) in [6, 6.07) is 0.579. The fourth-order valence-electron chi connectivity index (χ4n) is 11.0. The van der Waals surface area contributed by atoms with Gasteiger partial charge in [0.05, 0.1) is 6.10 Å². The predicted octanol–water partition coefficient (Wildman–Crippen LogP) is 6.74. The van der Waals surface area contributed by atoms with Crippen LogP contribution in [0.4, 0.5) is 0 Å². The maximum absolute atomic E-state index is 10.8. The van der Waals surface area contributed by atoms with Crippen molar-refractivity contribution >= 4 is 0 Å². The van der Waals surface area contributed by atoms with E-state index in [9.17, 15) is 5.11 Å². The number of rotatable bonds is 18. The maximum Gasteiger partial charge on any atom is 0.0543 e. The topological polar surface area (TPSA) is 82.3 Å². The lowest BCUT2D eigenvalue weighted by molar-refractivity contribution is -0.141. The van der Waals surface area contributed by atoms with Gasteiger partial charge in [0.2, 0.25) is 0 Å². The largest absolute Gasteiger partial charge is 0.393 e. The number of aliphatic hydroxyl groups is 1. The van der Waals surface area contributed by atoms with Crippen LogP contribution in [0.15, 0.2) is 0 Å². The molecule has 0 spiro atoms. The average molecular weight is 589 g/mol. The number of unbranched alkanes of at least 4 members (excludes halogenated alkanes) is 1. The number of fused-ring (bicyclic) bond motifs is 5. The molecule has 5 nitrogen and oxygen atoms in total. The van der Waals surface area contributed by atoms with Crippen LogP contribution in [0.25, 0.3) is 0 Å². The summed E-state index contributed by atoms with van der Waals surface area (Å²) in [7, 11) is 0. The normalized spacial score (nSPS) is 38.7. The van der Waals surface area contributed by atoms with Gasteiger partial charge in [-0.1, -0.05) is 53.9 Å². The zero-order valence-corrected chi connectivity index (χ0v) is 28.6. The second-order valence-electron chi connectivity index (χ2n) is 16.4. The van der Waals surface area contributed by atoms with Crippen LogP contribution in [0, 0.1) is 52.3 Å². The van der Waals surface area contributed by atoms with Crippen molar-refractivity contribution in [2.24, 2.45) is 58.0 Å². The summed E-state index contributed by atoms with van der Waals surface area (Å²) in [5.74, 6) is 5.93. The number of hydrogen-bond donors (Lipinski definition) is 5. The molecule has 4 aliphatic rings. The van der Waals surface area contributed by atoms with E-state index in [0.717, 1.165) is 94.0 Å². The number of nitrogens with one attached hydrogen (secondary N) is 3. The van der Waals surface area contributed by atoms with Gasteiger partial charge >= 0.3 is 0 Å². The molecule has 4 fully saturated rings. The van der Waals surface area contributed by atoms with Crippen LogP contribution in [0.5, 0.6) is 0 Å². The molecule has 246 valence electrons. The number of hydrogen-bond acceptors (Lipinski definition) is 5. The van der Waals surface area contributed by atoms with Crippen molar-refractivity contribution in [1.82, 2.24) is 16.0 Å². The van der Waals surface area contributed by atoms with Gasteiger partial charge in [0, 0.05) is 6.04 Å². The summed E-state index contributed by atoms with van der Waals surface area (Å²) in [5, 5.41) is 22.1. The van der Waals surface area contributed by atoms with E-state index in [1.54, 1.807) is 0 Å². The van der Waals surface area contributed by atoms with Crippen LogP contribution in [-0.2, 0) is 0 Å². The highest BCUT2D eigenvalue weighted by atomic mass is 16.3. The van der Waals surface area contributed by atoms with Crippen molar-refractivity contribution in [3.05, 3.63) is 0 Å². The van der Waals surface area contributed by atoms with Gasteiger partial charge in [-0.2, -0.15) is 0 Å². The average Bonchev–Trinajstić information content (AvgIpc) is 3.31. The molecule has 0 aromatic rings. The summed E-state index contributed by atoms with van der Waals surface area (Å²) >= 11 is 0. The lowest BCUT2D eigenvalue weighted by Gasteiger charge is -2.63. The first-order valence-corrected chi connectivity index (χ1v) is 18.7. The Kier molecular flexibility index (Phi) is 13.5. The third-order valence-electron chi connectivity index (χ3n) is 13.3. The third-order valence-corrected chi connectivity index (χ3v) is 13.3. The van der Waals surface area contributed by atoms with E-state index in [0.29, 0.717) is 22.8 Å². The van der Waals surface area contributed by atoms with Crippen LogP contribution >= 0.6 is 0 Å². The molecule has 42 heavy (non-hydrogen) atoms. The second-order valence-corrected chi connectivity index (χ2v) is 16.4. The molecule has 10 atom stereocenters. The van der Waals surface area contributed by atoms with Crippen molar-refractivity contribution in [2.45, 2.75) is 143 Å². The minimum absolute atomic E-state index is 0.0909. The molecule has 4 saturated carbocycles. The molecule has 0 aromatic carbocycles. The number of aliphatic hydroxyl groups excluding tert-OH is 1. The monoisotopic (exact) mass is 589 g/mol. The highest BCUT2D eigenvalue weighted by molar-refractivity contribution is 5.12. The quantitative estimate of drug-likeness (QED) is 0.115. The minimum Gasteiger partial charge on any atom is -0.393 e. The molecule has 5 heteroatoms. The SMILES string of the molecule is CC(C)CCC[C@@H](C)[C@H]1CC[C@H]2[C@@H]3C[C@@H](NCCCNCCCCNCCCN)C4C[C@@H](O)CC[C@]4(C)[C@H]3CC[C@]12C. The third kappa shape index (κ3) is 8.33. The zero-order valence-electron chi connectivity index (χ0n) is 28.6. The molecule has 4 rings (SSSR count). The highest BCUT2D eigenvalue weighted by Crippen LogP contribution is 2.68. The Morgan fingerprint density at radius 2 is 1.38 bits per heavy atom. The van der Waals surface area contributed by atoms with E-state index >= 15 is 0 Å². The second kappa shape index (κ2) is 16.4. The molecule has 0 radical (unpaired) electrons. The van der Waals surface area contributed by atoms with Gasteiger partial charge in [-0.05, 0) is 169 Å². The summed E-state index contributed by atoms with van der Waals surface area (Å²) < 4.78 is 0. The summed E-state index contributed by atoms with van der Waals surface area (Å²) in [6.45, 7) is 19.0. The predicted molar refractivity (Wildman–Crippen MR) is 180 cm³/mol. The molecule has 6 N–H and O–H groups in total. The van der Waals surface area contributed by atoms with Crippen LogP contribution in [0.1, 0.15) is 131 Å². The Morgan fingerprint density at radius 1 is 0.714 bits per heavy atom. The summed E-state index contributed by atoms with van der Waals surface area (Å²) in [5.41, 5.74) is 6.51. The summed E-state index contributed by atoms with van der Waals surface area (Å²) in [4.78, 5) is 0. The van der Waals surface area contributed by atoms with Gasteiger partial charge in [0.15, 0.2) is 0 Å². The molecule has 0 aromatic heterocycles. The van der Waals surface area contributed by atoms with Crippen molar-refractivity contribution in [3.63, 3.8) is 0 Å². The fourth-order valence-corrected chi connectivity index (χ4v) is 11.0. The molecule has 0 bridgehead atoms. The van der Waals surface area contributed by atoms with Crippen LogP contribution < -0.4 is 21.7 Å². The Labute approximate surface area is 261 Å². The van der Waals surface area contributed by atoms with Gasteiger partial charge in [0.1, 0.15) is 0 Å². The van der Waals surface area contributed by atoms with Gasteiger partial charge < -0.3 is 26.8 Å². The first-order chi connectivity index (χ1) is 20.2. The molecule has 0 heterocycles. The minimum atomic E-state index is -0.0909.